The minimum Gasteiger partial charge on any atom is -0.354 e. The first-order valence-corrected chi connectivity index (χ1v) is 6.71. The molecular weight excluding hydrogens is 266 g/mol. The van der Waals surface area contributed by atoms with Gasteiger partial charge >= 0.3 is 6.03 Å². The molecule has 0 radical (unpaired) electrons. The monoisotopic (exact) mass is 281 g/mol. The fraction of sp³-hybridized carbons (Fsp3) is 0.125. The van der Waals surface area contributed by atoms with E-state index < -0.39 is 0 Å². The van der Waals surface area contributed by atoms with Gasteiger partial charge in [-0.1, -0.05) is 47.6 Å². The zero-order chi connectivity index (χ0) is 14.7. The van der Waals surface area contributed by atoms with Crippen molar-refractivity contribution < 1.29 is 9.32 Å². The van der Waals surface area contributed by atoms with E-state index in [4.69, 9.17) is 4.52 Å². The second kappa shape index (κ2) is 5.66. The van der Waals surface area contributed by atoms with Crippen molar-refractivity contribution in [3.05, 3.63) is 60.2 Å². The number of nitrogens with one attached hydrogen (secondary N) is 2. The van der Waals surface area contributed by atoms with Crippen molar-refractivity contribution in [2.24, 2.45) is 0 Å². The highest BCUT2D eigenvalue weighted by atomic mass is 16.5. The van der Waals surface area contributed by atoms with Gasteiger partial charge in [0, 0.05) is 0 Å². The molecule has 3 aromatic rings. The number of fused-ring (bicyclic) bond motifs is 1. The number of para-hydroxylation sites is 1. The van der Waals surface area contributed by atoms with Gasteiger partial charge in [0.25, 0.3) is 0 Å². The highest BCUT2D eigenvalue weighted by molar-refractivity contribution is 5.98. The molecule has 3 rings (SSSR count). The van der Waals surface area contributed by atoms with Crippen LogP contribution in [0.1, 0.15) is 18.5 Å². The average Bonchev–Trinajstić information content (AvgIpc) is 2.91. The second-order valence-corrected chi connectivity index (χ2v) is 4.76. The number of rotatable bonds is 3. The third-order valence-corrected chi connectivity index (χ3v) is 3.26. The van der Waals surface area contributed by atoms with Crippen LogP contribution in [0.3, 0.4) is 0 Å². The van der Waals surface area contributed by atoms with E-state index in [0.29, 0.717) is 11.4 Å². The van der Waals surface area contributed by atoms with E-state index in [1.807, 2.05) is 55.5 Å². The van der Waals surface area contributed by atoms with Gasteiger partial charge in [0.1, 0.15) is 0 Å². The topological polar surface area (TPSA) is 67.2 Å². The van der Waals surface area contributed by atoms with Gasteiger partial charge in [-0.15, -0.1) is 0 Å². The summed E-state index contributed by atoms with van der Waals surface area (Å²) < 4.78 is 5.15. The molecule has 2 N–H and O–H groups in total. The minimum absolute atomic E-state index is 0.0932. The van der Waals surface area contributed by atoms with Gasteiger partial charge in [0.05, 0.1) is 11.4 Å². The lowest BCUT2D eigenvalue weighted by Gasteiger charge is -2.14. The van der Waals surface area contributed by atoms with E-state index >= 15 is 0 Å². The summed E-state index contributed by atoms with van der Waals surface area (Å²) in [6, 6.07) is 16.7. The van der Waals surface area contributed by atoms with E-state index in [1.165, 1.54) is 0 Å². The number of benzene rings is 2. The molecule has 5 heteroatoms. The molecule has 1 heterocycles. The van der Waals surface area contributed by atoms with Gasteiger partial charge in [0.2, 0.25) is 0 Å². The van der Waals surface area contributed by atoms with Gasteiger partial charge in [-0.05, 0) is 24.6 Å². The van der Waals surface area contributed by atoms with Crippen LogP contribution in [-0.4, -0.2) is 11.2 Å². The maximum Gasteiger partial charge on any atom is 0.320 e. The smallest absolute Gasteiger partial charge is 0.320 e. The third kappa shape index (κ3) is 2.86. The number of hydrogen-bond acceptors (Lipinski definition) is 3. The Kier molecular flexibility index (Phi) is 3.55. The molecule has 0 aliphatic heterocycles. The molecule has 0 spiro atoms. The maximum absolute atomic E-state index is 12.0. The molecule has 2 aromatic carbocycles. The number of carbonyl (C=O) groups excluding carboxylic acids is 1. The number of urea groups is 1. The van der Waals surface area contributed by atoms with Crippen molar-refractivity contribution in [2.45, 2.75) is 13.0 Å². The van der Waals surface area contributed by atoms with Gasteiger partial charge in [-0.2, -0.15) is 0 Å². The third-order valence-electron chi connectivity index (χ3n) is 3.26. The molecule has 2 amide bonds. The molecule has 0 fully saturated rings. The van der Waals surface area contributed by atoms with E-state index in [0.717, 1.165) is 10.9 Å². The lowest BCUT2D eigenvalue weighted by atomic mass is 10.1. The number of nitrogens with zero attached hydrogens (tertiary/aromatic N) is 1. The minimum atomic E-state index is -0.314. The molecule has 0 aliphatic rings. The first kappa shape index (κ1) is 13.2. The molecule has 0 unspecified atom stereocenters. The zero-order valence-corrected chi connectivity index (χ0v) is 11.5. The van der Waals surface area contributed by atoms with Crippen molar-refractivity contribution in [2.75, 3.05) is 5.32 Å². The van der Waals surface area contributed by atoms with Crippen molar-refractivity contribution in [3.8, 4) is 0 Å². The molecule has 1 aromatic heterocycles. The van der Waals surface area contributed by atoms with Crippen LogP contribution in [0.15, 0.2) is 59.1 Å². The molecule has 21 heavy (non-hydrogen) atoms. The van der Waals surface area contributed by atoms with Crippen LogP contribution in [-0.2, 0) is 0 Å². The SMILES string of the molecule is C[C@@H](NC(=O)Nc1noc2ccccc12)c1ccccc1. The Morgan fingerprint density at radius 1 is 1.10 bits per heavy atom. The standard InChI is InChI=1S/C16H15N3O2/c1-11(12-7-3-2-4-8-12)17-16(20)18-15-13-9-5-6-10-14(13)21-19-15/h2-11H,1H3,(H2,17,18,19,20)/t11-/m1/s1. The van der Waals surface area contributed by atoms with Gasteiger partial charge in [0.15, 0.2) is 11.4 Å². The summed E-state index contributed by atoms with van der Waals surface area (Å²) in [5, 5.41) is 10.2. The van der Waals surface area contributed by atoms with Crippen molar-refractivity contribution in [3.63, 3.8) is 0 Å². The normalized spacial score (nSPS) is 12.0. The maximum atomic E-state index is 12.0. The first-order valence-electron chi connectivity index (χ1n) is 6.71. The van der Waals surface area contributed by atoms with Gasteiger partial charge in [-0.3, -0.25) is 5.32 Å². The van der Waals surface area contributed by atoms with Crippen LogP contribution in [0.2, 0.25) is 0 Å². The number of amides is 2. The van der Waals surface area contributed by atoms with Crippen molar-refractivity contribution in [1.82, 2.24) is 10.5 Å². The largest absolute Gasteiger partial charge is 0.354 e. The van der Waals surface area contributed by atoms with Crippen molar-refractivity contribution >= 4 is 22.8 Å². The number of hydrogen-bond donors (Lipinski definition) is 2. The summed E-state index contributed by atoms with van der Waals surface area (Å²) in [7, 11) is 0. The Hall–Kier alpha value is -2.82. The predicted molar refractivity (Wildman–Crippen MR) is 81.0 cm³/mol. The van der Waals surface area contributed by atoms with Crippen LogP contribution >= 0.6 is 0 Å². The van der Waals surface area contributed by atoms with Gasteiger partial charge < -0.3 is 9.84 Å². The number of carbonyl (C=O) groups is 1. The van der Waals surface area contributed by atoms with Crippen LogP contribution in [0, 0.1) is 0 Å². The molecule has 5 nitrogen and oxygen atoms in total. The van der Waals surface area contributed by atoms with Gasteiger partial charge in [-0.25, -0.2) is 4.79 Å². The van der Waals surface area contributed by atoms with Crippen LogP contribution in [0.25, 0.3) is 11.0 Å². The second-order valence-electron chi connectivity index (χ2n) is 4.76. The van der Waals surface area contributed by atoms with Crippen LogP contribution in [0.4, 0.5) is 10.6 Å². The predicted octanol–water partition coefficient (Wildman–Crippen LogP) is 3.71. The molecule has 0 bridgehead atoms. The molecule has 1 atom stereocenters. The summed E-state index contributed by atoms with van der Waals surface area (Å²) in [6.07, 6.45) is 0. The lowest BCUT2D eigenvalue weighted by Crippen LogP contribution is -2.31. The van der Waals surface area contributed by atoms with E-state index in [2.05, 4.69) is 15.8 Å². The Morgan fingerprint density at radius 3 is 2.62 bits per heavy atom. The van der Waals surface area contributed by atoms with E-state index in [1.54, 1.807) is 6.07 Å². The fourth-order valence-electron chi connectivity index (χ4n) is 2.14. The molecule has 106 valence electrons. The van der Waals surface area contributed by atoms with E-state index in [-0.39, 0.29) is 12.1 Å². The number of aromatic nitrogens is 1. The van der Waals surface area contributed by atoms with Crippen molar-refractivity contribution in [1.29, 1.82) is 0 Å². The quantitative estimate of drug-likeness (QED) is 0.769. The molecule has 0 saturated carbocycles. The Morgan fingerprint density at radius 2 is 1.81 bits per heavy atom. The summed E-state index contributed by atoms with van der Waals surface area (Å²) in [5.41, 5.74) is 1.68. The zero-order valence-electron chi connectivity index (χ0n) is 11.5. The Balaban J connectivity index is 1.69. The molecule has 0 saturated heterocycles. The Bertz CT molecular complexity index is 752. The fourth-order valence-corrected chi connectivity index (χ4v) is 2.14. The molecular formula is C16H15N3O2. The summed E-state index contributed by atoms with van der Waals surface area (Å²) >= 11 is 0. The number of anilines is 1. The summed E-state index contributed by atoms with van der Waals surface area (Å²) in [5.74, 6) is 0.420. The summed E-state index contributed by atoms with van der Waals surface area (Å²) in [6.45, 7) is 1.93. The highest BCUT2D eigenvalue weighted by Gasteiger charge is 2.13. The lowest BCUT2D eigenvalue weighted by molar-refractivity contribution is 0.249. The summed E-state index contributed by atoms with van der Waals surface area (Å²) in [4.78, 5) is 12.0. The Labute approximate surface area is 121 Å². The molecule has 0 aliphatic carbocycles. The average molecular weight is 281 g/mol. The van der Waals surface area contributed by atoms with Crippen LogP contribution in [0.5, 0.6) is 0 Å². The van der Waals surface area contributed by atoms with E-state index in [9.17, 15) is 4.79 Å². The van der Waals surface area contributed by atoms with Crippen LogP contribution < -0.4 is 10.6 Å². The highest BCUT2D eigenvalue weighted by Crippen LogP contribution is 2.22. The first-order chi connectivity index (χ1) is 10.2.